The van der Waals surface area contributed by atoms with E-state index in [9.17, 15) is 18.0 Å². The molecule has 0 heterocycles. The van der Waals surface area contributed by atoms with Gasteiger partial charge in [0.15, 0.2) is 0 Å². The first-order valence-corrected chi connectivity index (χ1v) is 10.2. The Balaban J connectivity index is 1.56. The van der Waals surface area contributed by atoms with E-state index in [0.717, 1.165) is 23.4 Å². The zero-order valence-electron chi connectivity index (χ0n) is 18.1. The fourth-order valence-electron chi connectivity index (χ4n) is 2.90. The number of halogens is 3. The van der Waals surface area contributed by atoms with E-state index in [-0.39, 0.29) is 11.3 Å². The first-order chi connectivity index (χ1) is 15.8. The molecule has 0 atom stereocenters. The molecule has 3 rings (SSSR count). The van der Waals surface area contributed by atoms with Crippen molar-refractivity contribution in [3.63, 3.8) is 0 Å². The smallest absolute Gasteiger partial charge is 0.416 e. The molecule has 0 radical (unpaired) electrons. The molecule has 172 valence electrons. The fourth-order valence-corrected chi connectivity index (χ4v) is 2.90. The summed E-state index contributed by atoms with van der Waals surface area (Å²) in [4.78, 5) is 12.3. The monoisotopic (exact) mass is 456 g/mol. The third kappa shape index (κ3) is 6.83. The predicted octanol–water partition coefficient (Wildman–Crippen LogP) is 5.84. The Hall–Kier alpha value is -3.81. The van der Waals surface area contributed by atoms with Crippen LogP contribution in [0.15, 0.2) is 77.9 Å². The second-order valence-electron chi connectivity index (χ2n) is 7.11. The number of nitrogens with zero attached hydrogens (tertiary/aromatic N) is 1. The summed E-state index contributed by atoms with van der Waals surface area (Å²) in [5, 5.41) is 3.93. The van der Waals surface area contributed by atoms with Crippen LogP contribution in [0.1, 0.15) is 40.9 Å². The van der Waals surface area contributed by atoms with Crippen LogP contribution in [-0.2, 0) is 12.8 Å². The second kappa shape index (κ2) is 10.7. The number of nitrogens with one attached hydrogen (secondary N) is 1. The van der Waals surface area contributed by atoms with Gasteiger partial charge in [0.2, 0.25) is 0 Å². The van der Waals surface area contributed by atoms with E-state index in [2.05, 4.69) is 10.5 Å². The number of ether oxygens (including phenoxy) is 2. The van der Waals surface area contributed by atoms with Gasteiger partial charge in [-0.3, -0.25) is 4.79 Å². The SMILES string of the molecule is CCOc1ccc(OCc2ccc(C(=O)NN=C(C)c3cccc(C(F)(F)F)c3)cc2)cc1. The van der Waals surface area contributed by atoms with Gasteiger partial charge in [-0.05, 0) is 73.5 Å². The molecule has 0 unspecified atom stereocenters. The number of hydrogen-bond acceptors (Lipinski definition) is 4. The van der Waals surface area contributed by atoms with Crippen LogP contribution in [0.25, 0.3) is 0 Å². The lowest BCUT2D eigenvalue weighted by atomic mass is 10.1. The zero-order chi connectivity index (χ0) is 23.8. The molecule has 0 fully saturated rings. The van der Waals surface area contributed by atoms with Crippen LogP contribution in [-0.4, -0.2) is 18.2 Å². The number of hydrogen-bond donors (Lipinski definition) is 1. The molecular weight excluding hydrogens is 433 g/mol. The van der Waals surface area contributed by atoms with Crippen LogP contribution >= 0.6 is 0 Å². The first kappa shape index (κ1) is 23.8. The molecule has 1 N–H and O–H groups in total. The van der Waals surface area contributed by atoms with Gasteiger partial charge in [-0.25, -0.2) is 5.43 Å². The van der Waals surface area contributed by atoms with Crippen LogP contribution in [0.4, 0.5) is 13.2 Å². The molecule has 0 spiro atoms. The molecule has 0 aliphatic heterocycles. The molecule has 5 nitrogen and oxygen atoms in total. The summed E-state index contributed by atoms with van der Waals surface area (Å²) in [5.41, 5.74) is 3.35. The average Bonchev–Trinajstić information content (AvgIpc) is 2.82. The molecule has 33 heavy (non-hydrogen) atoms. The van der Waals surface area contributed by atoms with Crippen LogP contribution in [0.5, 0.6) is 11.5 Å². The fraction of sp³-hybridized carbons (Fsp3) is 0.200. The van der Waals surface area contributed by atoms with Gasteiger partial charge < -0.3 is 9.47 Å². The summed E-state index contributed by atoms with van der Waals surface area (Å²) in [6, 6.07) is 18.8. The van der Waals surface area contributed by atoms with E-state index in [1.54, 1.807) is 24.3 Å². The lowest BCUT2D eigenvalue weighted by molar-refractivity contribution is -0.137. The average molecular weight is 456 g/mol. The highest BCUT2D eigenvalue weighted by molar-refractivity contribution is 6.01. The summed E-state index contributed by atoms with van der Waals surface area (Å²) in [6.07, 6.45) is -4.45. The summed E-state index contributed by atoms with van der Waals surface area (Å²) in [5.74, 6) is 0.992. The van der Waals surface area contributed by atoms with Gasteiger partial charge in [-0.15, -0.1) is 0 Å². The van der Waals surface area contributed by atoms with Crippen molar-refractivity contribution in [2.24, 2.45) is 5.10 Å². The molecule has 0 aliphatic carbocycles. The van der Waals surface area contributed by atoms with Crippen molar-refractivity contribution in [3.8, 4) is 11.5 Å². The maximum absolute atomic E-state index is 12.9. The Kier molecular flexibility index (Phi) is 7.71. The molecule has 0 saturated carbocycles. The Morgan fingerprint density at radius 2 is 1.55 bits per heavy atom. The van der Waals surface area contributed by atoms with Gasteiger partial charge in [0.1, 0.15) is 18.1 Å². The van der Waals surface area contributed by atoms with Crippen molar-refractivity contribution < 1.29 is 27.4 Å². The van der Waals surface area contributed by atoms with Gasteiger partial charge in [0.05, 0.1) is 17.9 Å². The van der Waals surface area contributed by atoms with Crippen molar-refractivity contribution in [2.45, 2.75) is 26.6 Å². The van der Waals surface area contributed by atoms with E-state index in [0.29, 0.717) is 24.5 Å². The number of carbonyl (C=O) groups is 1. The minimum atomic E-state index is -4.45. The van der Waals surface area contributed by atoms with Crippen molar-refractivity contribution in [1.29, 1.82) is 0 Å². The molecule has 1 amide bonds. The third-order valence-corrected chi connectivity index (χ3v) is 4.69. The lowest BCUT2D eigenvalue weighted by Gasteiger charge is -2.09. The Bertz CT molecular complexity index is 1110. The standard InChI is InChI=1S/C25H23F3N2O3/c1-3-32-22-11-13-23(14-12-22)33-16-18-7-9-19(10-8-18)24(31)30-29-17(2)20-5-4-6-21(15-20)25(26,27)28/h4-15H,3,16H2,1-2H3,(H,30,31). The highest BCUT2D eigenvalue weighted by Crippen LogP contribution is 2.29. The molecule has 3 aromatic carbocycles. The maximum atomic E-state index is 12.9. The molecule has 0 aliphatic rings. The minimum Gasteiger partial charge on any atom is -0.494 e. The summed E-state index contributed by atoms with van der Waals surface area (Å²) in [7, 11) is 0. The third-order valence-electron chi connectivity index (χ3n) is 4.69. The van der Waals surface area contributed by atoms with Gasteiger partial charge in [-0.1, -0.05) is 24.3 Å². The van der Waals surface area contributed by atoms with E-state index in [4.69, 9.17) is 9.47 Å². The van der Waals surface area contributed by atoms with Crippen LogP contribution in [0.3, 0.4) is 0 Å². The van der Waals surface area contributed by atoms with Gasteiger partial charge >= 0.3 is 6.18 Å². The highest BCUT2D eigenvalue weighted by Gasteiger charge is 2.30. The van der Waals surface area contributed by atoms with Crippen molar-refractivity contribution >= 4 is 11.6 Å². The predicted molar refractivity (Wildman–Crippen MR) is 120 cm³/mol. The summed E-state index contributed by atoms with van der Waals surface area (Å²) < 4.78 is 49.7. The summed E-state index contributed by atoms with van der Waals surface area (Å²) in [6.45, 7) is 4.36. The van der Waals surface area contributed by atoms with E-state index < -0.39 is 17.6 Å². The van der Waals surface area contributed by atoms with E-state index in [1.165, 1.54) is 19.1 Å². The number of rotatable bonds is 8. The molecular formula is C25H23F3N2O3. The first-order valence-electron chi connectivity index (χ1n) is 10.2. The van der Waals surface area contributed by atoms with E-state index in [1.807, 2.05) is 31.2 Å². The van der Waals surface area contributed by atoms with Crippen LogP contribution in [0, 0.1) is 0 Å². The van der Waals surface area contributed by atoms with E-state index >= 15 is 0 Å². The minimum absolute atomic E-state index is 0.259. The highest BCUT2D eigenvalue weighted by atomic mass is 19.4. The number of amides is 1. The lowest BCUT2D eigenvalue weighted by Crippen LogP contribution is -2.19. The van der Waals surface area contributed by atoms with Gasteiger partial charge in [0, 0.05) is 5.56 Å². The molecule has 3 aromatic rings. The Labute approximate surface area is 189 Å². The zero-order valence-corrected chi connectivity index (χ0v) is 18.1. The molecule has 0 aromatic heterocycles. The topological polar surface area (TPSA) is 59.9 Å². The largest absolute Gasteiger partial charge is 0.494 e. The van der Waals surface area contributed by atoms with Crippen molar-refractivity contribution in [1.82, 2.24) is 5.43 Å². The molecule has 0 saturated heterocycles. The van der Waals surface area contributed by atoms with Crippen molar-refractivity contribution in [2.75, 3.05) is 6.61 Å². The summed E-state index contributed by atoms with van der Waals surface area (Å²) >= 11 is 0. The second-order valence-corrected chi connectivity index (χ2v) is 7.11. The quantitative estimate of drug-likeness (QED) is 0.342. The Morgan fingerprint density at radius 3 is 2.15 bits per heavy atom. The number of carbonyl (C=O) groups excluding carboxylic acids is 1. The van der Waals surface area contributed by atoms with Gasteiger partial charge in [-0.2, -0.15) is 18.3 Å². The van der Waals surface area contributed by atoms with Crippen molar-refractivity contribution in [3.05, 3.63) is 95.1 Å². The maximum Gasteiger partial charge on any atom is 0.416 e. The van der Waals surface area contributed by atoms with Crippen LogP contribution in [0.2, 0.25) is 0 Å². The van der Waals surface area contributed by atoms with Crippen LogP contribution < -0.4 is 14.9 Å². The number of hydrazone groups is 1. The normalized spacial score (nSPS) is 11.7. The number of benzene rings is 3. The Morgan fingerprint density at radius 1 is 0.909 bits per heavy atom. The molecule has 0 bridgehead atoms. The molecule has 8 heteroatoms. The number of alkyl halides is 3. The van der Waals surface area contributed by atoms with Gasteiger partial charge in [0.25, 0.3) is 5.91 Å².